The van der Waals surface area contributed by atoms with Gasteiger partial charge in [-0.1, -0.05) is 24.3 Å². The largest absolute Gasteiger partial charge is 0.382 e. The highest BCUT2D eigenvalue weighted by atomic mass is 16.3. The van der Waals surface area contributed by atoms with Crippen LogP contribution in [0.5, 0.6) is 0 Å². The highest BCUT2D eigenvalue weighted by Gasteiger charge is 2.13. The zero-order chi connectivity index (χ0) is 21.4. The van der Waals surface area contributed by atoms with Crippen molar-refractivity contribution in [1.29, 1.82) is 0 Å². The fourth-order valence-corrected chi connectivity index (χ4v) is 3.53. The van der Waals surface area contributed by atoms with Gasteiger partial charge in [0.25, 0.3) is 0 Å². The molecule has 2 atom stereocenters. The highest BCUT2D eigenvalue weighted by molar-refractivity contribution is 5.79. The lowest BCUT2D eigenvalue weighted by Gasteiger charge is -2.21. The van der Waals surface area contributed by atoms with Crippen LogP contribution in [0.15, 0.2) is 58.2 Å². The van der Waals surface area contributed by atoms with Gasteiger partial charge >= 0.3 is 0 Å². The van der Waals surface area contributed by atoms with Crippen LogP contribution in [-0.2, 0) is 0 Å². The van der Waals surface area contributed by atoms with E-state index in [0.29, 0.717) is 6.54 Å². The number of hydrogen-bond donors (Lipinski definition) is 3. The van der Waals surface area contributed by atoms with Crippen LogP contribution >= 0.6 is 0 Å². The lowest BCUT2D eigenvalue weighted by atomic mass is 9.94. The molecule has 154 valence electrons. The molecule has 3 N–H and O–H groups in total. The van der Waals surface area contributed by atoms with Gasteiger partial charge in [0.2, 0.25) is 0 Å². The zero-order valence-corrected chi connectivity index (χ0v) is 17.9. The first-order chi connectivity index (χ1) is 13.9. The summed E-state index contributed by atoms with van der Waals surface area (Å²) in [6.07, 6.45) is 1.98. The number of aliphatic hydroxyl groups is 1. The van der Waals surface area contributed by atoms with Gasteiger partial charge in [-0.15, -0.1) is 0 Å². The van der Waals surface area contributed by atoms with E-state index >= 15 is 0 Å². The summed E-state index contributed by atoms with van der Waals surface area (Å²) in [7, 11) is 0. The second-order valence-electron chi connectivity index (χ2n) is 7.38. The molecule has 0 bridgehead atoms. The smallest absolute Gasteiger partial charge is 0.121 e. The topological polar surface area (TPSA) is 69.0 Å². The number of anilines is 2. The molecule has 0 heterocycles. The number of nitrogens with one attached hydrogen (secondary N) is 2. The number of nitrogens with zero attached hydrogens (tertiary/aromatic N) is 2. The van der Waals surface area contributed by atoms with Crippen LogP contribution in [0.25, 0.3) is 11.1 Å². The summed E-state index contributed by atoms with van der Waals surface area (Å²) in [6, 6.07) is 12.6. The minimum absolute atomic E-state index is 0.211. The maximum atomic E-state index is 9.69. The molecule has 5 nitrogen and oxygen atoms in total. The Hall–Kier alpha value is -2.92. The normalized spacial score (nSPS) is 13.5. The van der Waals surface area contributed by atoms with Crippen molar-refractivity contribution in [2.24, 2.45) is 9.98 Å². The van der Waals surface area contributed by atoms with E-state index in [2.05, 4.69) is 79.1 Å². The summed E-state index contributed by atoms with van der Waals surface area (Å²) >= 11 is 0. The molecule has 0 amide bonds. The zero-order valence-electron chi connectivity index (χ0n) is 17.9. The summed E-state index contributed by atoms with van der Waals surface area (Å²) in [4.78, 5) is 7.84. The second-order valence-corrected chi connectivity index (χ2v) is 7.38. The molecule has 0 spiro atoms. The van der Waals surface area contributed by atoms with Crippen molar-refractivity contribution >= 4 is 24.8 Å². The van der Waals surface area contributed by atoms with Gasteiger partial charge in [0.1, 0.15) is 6.23 Å². The average Bonchev–Trinajstić information content (AvgIpc) is 2.65. The molecule has 2 aromatic carbocycles. The van der Waals surface area contributed by atoms with E-state index in [0.717, 1.165) is 34.5 Å². The Kier molecular flexibility index (Phi) is 8.16. The number of aliphatic imine (C=N–C) groups is 2. The first kappa shape index (κ1) is 22.4. The van der Waals surface area contributed by atoms with Crippen LogP contribution < -0.4 is 10.6 Å². The number of hydrogen-bond acceptors (Lipinski definition) is 5. The molecule has 0 aromatic heterocycles. The monoisotopic (exact) mass is 392 g/mol. The molecule has 29 heavy (non-hydrogen) atoms. The molecule has 0 fully saturated rings. The predicted molar refractivity (Wildman–Crippen MR) is 126 cm³/mol. The lowest BCUT2D eigenvalue weighted by Crippen LogP contribution is -2.17. The van der Waals surface area contributed by atoms with Gasteiger partial charge in [0.05, 0.1) is 6.54 Å². The van der Waals surface area contributed by atoms with Crippen LogP contribution in [0.1, 0.15) is 31.4 Å². The number of aliphatic hydroxyl groups excluding tert-OH is 1. The Morgan fingerprint density at radius 1 is 1.00 bits per heavy atom. The first-order valence-electron chi connectivity index (χ1n) is 9.84. The molecule has 0 saturated carbocycles. The maximum absolute atomic E-state index is 9.69. The average molecular weight is 393 g/mol. The third-order valence-electron chi connectivity index (χ3n) is 4.88. The van der Waals surface area contributed by atoms with E-state index in [1.807, 2.05) is 12.1 Å². The fourth-order valence-electron chi connectivity index (χ4n) is 3.53. The van der Waals surface area contributed by atoms with E-state index in [9.17, 15) is 5.11 Å². The summed E-state index contributed by atoms with van der Waals surface area (Å²) in [5, 5.41) is 16.4. The molecule has 2 unspecified atom stereocenters. The van der Waals surface area contributed by atoms with Crippen molar-refractivity contribution in [3.63, 3.8) is 0 Å². The molecule has 0 aliphatic carbocycles. The third kappa shape index (κ3) is 6.03. The molecule has 0 aliphatic heterocycles. The molecule has 2 aromatic rings. The number of benzene rings is 2. The van der Waals surface area contributed by atoms with Crippen molar-refractivity contribution < 1.29 is 5.11 Å². The van der Waals surface area contributed by atoms with Crippen LogP contribution in [0.3, 0.4) is 0 Å². The van der Waals surface area contributed by atoms with Gasteiger partial charge in [-0.2, -0.15) is 0 Å². The fraction of sp³-hybridized carbons (Fsp3) is 0.333. The molecular weight excluding hydrogens is 360 g/mol. The summed E-state index contributed by atoms with van der Waals surface area (Å²) < 4.78 is 0. The first-order valence-corrected chi connectivity index (χ1v) is 9.84. The maximum Gasteiger partial charge on any atom is 0.121 e. The van der Waals surface area contributed by atoms with E-state index in [1.165, 1.54) is 11.1 Å². The van der Waals surface area contributed by atoms with Crippen LogP contribution in [0, 0.1) is 13.8 Å². The highest BCUT2D eigenvalue weighted by Crippen LogP contribution is 2.34. The van der Waals surface area contributed by atoms with Crippen LogP contribution in [0.2, 0.25) is 0 Å². The Bertz CT molecular complexity index is 886. The van der Waals surface area contributed by atoms with Crippen LogP contribution in [-0.4, -0.2) is 37.4 Å². The molecule has 0 aliphatic rings. The standard InChI is InChI=1S/C24H32N4O/c1-16(13-20(14-25-5)15-26-6)27-23-11-7-9-21(17(23)2)22-10-8-12-24(18(22)3)28-19(4)29/h7-12,14,16,19,27-29H,5-6,13,15H2,1-4H3/b20-14+. The molecule has 0 saturated heterocycles. The van der Waals surface area contributed by atoms with Gasteiger partial charge in [0.15, 0.2) is 0 Å². The van der Waals surface area contributed by atoms with E-state index in [4.69, 9.17) is 0 Å². The van der Waals surface area contributed by atoms with Gasteiger partial charge in [-0.25, -0.2) is 0 Å². The third-order valence-corrected chi connectivity index (χ3v) is 4.88. The van der Waals surface area contributed by atoms with Crippen molar-refractivity contribution in [2.75, 3.05) is 17.2 Å². The summed E-state index contributed by atoms with van der Waals surface area (Å²) in [5.74, 6) is 0. The molecule has 2 rings (SSSR count). The quantitative estimate of drug-likeness (QED) is 0.385. The van der Waals surface area contributed by atoms with Crippen LogP contribution in [0.4, 0.5) is 11.4 Å². The molecular formula is C24H32N4O. The predicted octanol–water partition coefficient (Wildman–Crippen LogP) is 5.20. The SMILES string of the molecule is C=N/C=C(/CN=C)CC(C)Nc1cccc(-c2cccc(NC(C)O)c2C)c1C. The minimum Gasteiger partial charge on any atom is -0.382 e. The Labute approximate surface area is 174 Å². The van der Waals surface area contributed by atoms with Gasteiger partial charge in [-0.05, 0) is 87.5 Å². The lowest BCUT2D eigenvalue weighted by molar-refractivity contribution is 0.224. The van der Waals surface area contributed by atoms with Crippen molar-refractivity contribution in [2.45, 2.75) is 46.4 Å². The second kappa shape index (κ2) is 10.6. The van der Waals surface area contributed by atoms with E-state index in [-0.39, 0.29) is 6.04 Å². The van der Waals surface area contributed by atoms with E-state index < -0.39 is 6.23 Å². The molecule has 5 heteroatoms. The summed E-state index contributed by atoms with van der Waals surface area (Å²) in [6.45, 7) is 15.7. The Morgan fingerprint density at radius 2 is 1.55 bits per heavy atom. The number of rotatable bonds is 10. The Balaban J connectivity index is 2.29. The van der Waals surface area contributed by atoms with Gasteiger partial charge < -0.3 is 15.7 Å². The van der Waals surface area contributed by atoms with Crippen molar-refractivity contribution in [1.82, 2.24) is 0 Å². The van der Waals surface area contributed by atoms with Crippen molar-refractivity contribution in [3.05, 3.63) is 59.3 Å². The molecule has 0 radical (unpaired) electrons. The summed E-state index contributed by atoms with van der Waals surface area (Å²) in [5.41, 5.74) is 7.75. The minimum atomic E-state index is -0.601. The van der Waals surface area contributed by atoms with E-state index in [1.54, 1.807) is 13.1 Å². The Morgan fingerprint density at radius 3 is 2.03 bits per heavy atom. The van der Waals surface area contributed by atoms with Crippen molar-refractivity contribution in [3.8, 4) is 11.1 Å². The van der Waals surface area contributed by atoms with Gasteiger partial charge in [-0.3, -0.25) is 9.98 Å². The van der Waals surface area contributed by atoms with Gasteiger partial charge in [0, 0.05) is 23.6 Å².